The molecule has 1 fully saturated rings. The van der Waals surface area contributed by atoms with Gasteiger partial charge < -0.3 is 4.90 Å². The Labute approximate surface area is 151 Å². The number of sulfonamides is 1. The molecule has 1 aliphatic carbocycles. The Morgan fingerprint density at radius 1 is 1.20 bits per heavy atom. The van der Waals surface area contributed by atoms with Gasteiger partial charge in [0.1, 0.15) is 0 Å². The second kappa shape index (κ2) is 9.34. The summed E-state index contributed by atoms with van der Waals surface area (Å²) in [5.74, 6) is -0.0694. The molecule has 0 aliphatic heterocycles. The quantitative estimate of drug-likeness (QED) is 0.715. The lowest BCUT2D eigenvalue weighted by atomic mass is 9.93. The smallest absolute Gasteiger partial charge is 0.254 e. The van der Waals surface area contributed by atoms with Gasteiger partial charge in [0.15, 0.2) is 0 Å². The molecule has 0 radical (unpaired) electrons. The Morgan fingerprint density at radius 3 is 2.56 bits per heavy atom. The molecule has 0 aromatic heterocycles. The van der Waals surface area contributed by atoms with Crippen molar-refractivity contribution < 1.29 is 13.2 Å². The lowest BCUT2D eigenvalue weighted by molar-refractivity contribution is 0.0647. The summed E-state index contributed by atoms with van der Waals surface area (Å²) in [4.78, 5) is 15.0. The number of rotatable bonds is 8. The van der Waals surface area contributed by atoms with Gasteiger partial charge in [-0.1, -0.05) is 38.7 Å². The van der Waals surface area contributed by atoms with Gasteiger partial charge in [0, 0.05) is 24.7 Å². The topological polar surface area (TPSA) is 66.5 Å². The standard InChI is InChI=1S/C19H30N2O3S/c1-3-5-14-20-25(23,24)18-13-9-10-16(15-18)19(22)21(4-2)17-11-7-6-8-12-17/h9-10,13,15,17,20H,3-8,11-12,14H2,1-2H3. The molecular formula is C19H30N2O3S. The molecule has 6 heteroatoms. The van der Waals surface area contributed by atoms with Crippen molar-refractivity contribution in [2.45, 2.75) is 69.7 Å². The number of carbonyl (C=O) groups excluding carboxylic acids is 1. The van der Waals surface area contributed by atoms with Crippen molar-refractivity contribution in [1.29, 1.82) is 0 Å². The van der Waals surface area contributed by atoms with E-state index in [0.717, 1.165) is 38.5 Å². The normalized spacial score (nSPS) is 15.9. The van der Waals surface area contributed by atoms with Gasteiger partial charge in [-0.25, -0.2) is 13.1 Å². The van der Waals surface area contributed by atoms with E-state index in [1.807, 2.05) is 18.7 Å². The van der Waals surface area contributed by atoms with Crippen LogP contribution in [0.15, 0.2) is 29.2 Å². The van der Waals surface area contributed by atoms with Gasteiger partial charge in [0.2, 0.25) is 10.0 Å². The highest BCUT2D eigenvalue weighted by atomic mass is 32.2. The first-order valence-electron chi connectivity index (χ1n) is 9.40. The maximum Gasteiger partial charge on any atom is 0.254 e. The van der Waals surface area contributed by atoms with E-state index < -0.39 is 10.0 Å². The first-order chi connectivity index (χ1) is 12.0. The van der Waals surface area contributed by atoms with E-state index >= 15 is 0 Å². The van der Waals surface area contributed by atoms with E-state index in [1.165, 1.54) is 12.5 Å². The zero-order chi connectivity index (χ0) is 18.3. The molecule has 1 amide bonds. The Balaban J connectivity index is 2.17. The highest BCUT2D eigenvalue weighted by Gasteiger charge is 2.25. The number of carbonyl (C=O) groups is 1. The average Bonchev–Trinajstić information content (AvgIpc) is 2.63. The molecule has 0 bridgehead atoms. The maximum absolute atomic E-state index is 12.9. The van der Waals surface area contributed by atoms with Crippen LogP contribution in [0, 0.1) is 0 Å². The van der Waals surface area contributed by atoms with Gasteiger partial charge in [0.05, 0.1) is 4.90 Å². The van der Waals surface area contributed by atoms with Gasteiger partial charge in [-0.2, -0.15) is 0 Å². The van der Waals surface area contributed by atoms with Crippen molar-refractivity contribution in [3.8, 4) is 0 Å². The van der Waals surface area contributed by atoms with E-state index in [4.69, 9.17) is 0 Å². The zero-order valence-electron chi connectivity index (χ0n) is 15.3. The fourth-order valence-electron chi connectivity index (χ4n) is 3.39. The van der Waals surface area contributed by atoms with Crippen LogP contribution in [0.1, 0.15) is 69.2 Å². The molecule has 0 atom stereocenters. The predicted octanol–water partition coefficient (Wildman–Crippen LogP) is 3.56. The van der Waals surface area contributed by atoms with Gasteiger partial charge in [-0.15, -0.1) is 0 Å². The number of benzene rings is 1. The van der Waals surface area contributed by atoms with Crippen LogP contribution in [0.2, 0.25) is 0 Å². The van der Waals surface area contributed by atoms with E-state index in [9.17, 15) is 13.2 Å². The predicted molar refractivity (Wildman–Crippen MR) is 100 cm³/mol. The molecule has 25 heavy (non-hydrogen) atoms. The molecule has 1 saturated carbocycles. The average molecular weight is 367 g/mol. The van der Waals surface area contributed by atoms with Gasteiger partial charge in [-0.05, 0) is 44.4 Å². The van der Waals surface area contributed by atoms with Gasteiger partial charge in [-0.3, -0.25) is 4.79 Å². The lowest BCUT2D eigenvalue weighted by Gasteiger charge is -2.33. The van der Waals surface area contributed by atoms with E-state index in [2.05, 4.69) is 4.72 Å². The molecule has 140 valence electrons. The largest absolute Gasteiger partial charge is 0.336 e. The van der Waals surface area contributed by atoms with Crippen LogP contribution in [0.3, 0.4) is 0 Å². The van der Waals surface area contributed by atoms with Crippen LogP contribution >= 0.6 is 0 Å². The molecule has 0 saturated heterocycles. The summed E-state index contributed by atoms with van der Waals surface area (Å²) in [6, 6.07) is 6.67. The van der Waals surface area contributed by atoms with Crippen LogP contribution in [0.4, 0.5) is 0 Å². The second-order valence-corrected chi connectivity index (χ2v) is 8.43. The number of hydrogen-bond acceptors (Lipinski definition) is 3. The summed E-state index contributed by atoms with van der Waals surface area (Å²) in [5.41, 5.74) is 0.450. The summed E-state index contributed by atoms with van der Waals surface area (Å²) in [5, 5.41) is 0. The van der Waals surface area contributed by atoms with Gasteiger partial charge in [0.25, 0.3) is 5.91 Å². The van der Waals surface area contributed by atoms with Crippen LogP contribution in [-0.2, 0) is 10.0 Å². The number of amides is 1. The maximum atomic E-state index is 12.9. The van der Waals surface area contributed by atoms with E-state index in [-0.39, 0.29) is 16.8 Å². The summed E-state index contributed by atoms with van der Waals surface area (Å²) >= 11 is 0. The summed E-state index contributed by atoms with van der Waals surface area (Å²) in [6.45, 7) is 5.06. The third-order valence-electron chi connectivity index (χ3n) is 4.83. The van der Waals surface area contributed by atoms with Gasteiger partial charge >= 0.3 is 0 Å². The molecule has 1 aliphatic rings. The number of unbranched alkanes of at least 4 members (excludes halogenated alkanes) is 1. The summed E-state index contributed by atoms with van der Waals surface area (Å²) in [6.07, 6.45) is 7.34. The van der Waals surface area contributed by atoms with Crippen molar-refractivity contribution in [2.24, 2.45) is 0 Å². The van der Waals surface area contributed by atoms with E-state index in [1.54, 1.807) is 18.2 Å². The molecule has 1 aromatic carbocycles. The number of nitrogens with one attached hydrogen (secondary N) is 1. The molecule has 1 aromatic rings. The molecule has 2 rings (SSSR count). The Morgan fingerprint density at radius 2 is 1.92 bits per heavy atom. The van der Waals surface area contributed by atoms with Crippen molar-refractivity contribution in [3.05, 3.63) is 29.8 Å². The van der Waals surface area contributed by atoms with Crippen molar-refractivity contribution in [2.75, 3.05) is 13.1 Å². The molecule has 5 nitrogen and oxygen atoms in total. The minimum atomic E-state index is -3.57. The molecule has 1 N–H and O–H groups in total. The first-order valence-corrected chi connectivity index (χ1v) is 10.9. The summed E-state index contributed by atoms with van der Waals surface area (Å²) in [7, 11) is -3.57. The second-order valence-electron chi connectivity index (χ2n) is 6.66. The minimum Gasteiger partial charge on any atom is -0.336 e. The lowest BCUT2D eigenvalue weighted by Crippen LogP contribution is -2.41. The zero-order valence-corrected chi connectivity index (χ0v) is 16.1. The molecular weight excluding hydrogens is 336 g/mol. The monoisotopic (exact) mass is 366 g/mol. The number of nitrogens with zero attached hydrogens (tertiary/aromatic N) is 1. The van der Waals surface area contributed by atoms with Crippen LogP contribution < -0.4 is 4.72 Å². The third-order valence-corrected chi connectivity index (χ3v) is 6.29. The fraction of sp³-hybridized carbons (Fsp3) is 0.632. The van der Waals surface area contributed by atoms with Crippen LogP contribution in [0.25, 0.3) is 0 Å². The van der Waals surface area contributed by atoms with E-state index in [0.29, 0.717) is 18.7 Å². The van der Waals surface area contributed by atoms with Crippen molar-refractivity contribution in [1.82, 2.24) is 9.62 Å². The molecule has 0 unspecified atom stereocenters. The SMILES string of the molecule is CCCCNS(=O)(=O)c1cccc(C(=O)N(CC)C2CCCCC2)c1. The van der Waals surface area contributed by atoms with Crippen LogP contribution in [0.5, 0.6) is 0 Å². The Bertz CT molecular complexity index is 667. The highest BCUT2D eigenvalue weighted by molar-refractivity contribution is 7.89. The third kappa shape index (κ3) is 5.28. The summed E-state index contributed by atoms with van der Waals surface area (Å²) < 4.78 is 27.4. The van der Waals surface area contributed by atoms with Crippen molar-refractivity contribution >= 4 is 15.9 Å². The first kappa shape index (κ1) is 19.9. The van der Waals surface area contributed by atoms with Crippen LogP contribution in [-0.4, -0.2) is 38.4 Å². The Kier molecular flexibility index (Phi) is 7.44. The number of hydrogen-bond donors (Lipinski definition) is 1. The Hall–Kier alpha value is -1.40. The molecule has 0 heterocycles. The molecule has 0 spiro atoms. The highest BCUT2D eigenvalue weighted by Crippen LogP contribution is 2.24. The minimum absolute atomic E-state index is 0.0694. The van der Waals surface area contributed by atoms with Crippen molar-refractivity contribution in [3.63, 3.8) is 0 Å². The fourth-order valence-corrected chi connectivity index (χ4v) is 4.51.